The number of aromatic nitrogens is 1. The van der Waals surface area contributed by atoms with Gasteiger partial charge in [-0.15, -0.1) is 0 Å². The summed E-state index contributed by atoms with van der Waals surface area (Å²) in [6.07, 6.45) is 4.72. The smallest absolute Gasteiger partial charge is 0.413 e. The van der Waals surface area contributed by atoms with E-state index >= 15 is 0 Å². The molecule has 2 aromatic rings. The second-order valence-electron chi connectivity index (χ2n) is 10.7. The molecular formula is C29H38FN3O5. The predicted molar refractivity (Wildman–Crippen MR) is 142 cm³/mol. The molecule has 1 aromatic heterocycles. The molecule has 4 rings (SSSR count). The van der Waals surface area contributed by atoms with Crippen molar-refractivity contribution in [3.05, 3.63) is 53.0 Å². The van der Waals surface area contributed by atoms with Gasteiger partial charge in [-0.1, -0.05) is 25.5 Å². The summed E-state index contributed by atoms with van der Waals surface area (Å²) in [4.78, 5) is 32.1. The van der Waals surface area contributed by atoms with Gasteiger partial charge in [0, 0.05) is 31.4 Å². The highest BCUT2D eigenvalue weighted by atomic mass is 19.1. The number of unbranched alkanes of at least 4 members (excludes halogenated alkanes) is 1. The molecule has 38 heavy (non-hydrogen) atoms. The SMILES string of the molecule is CCOC(=O)CC(c1ccc(OC)c(F)c1)N1CC(C)(CCCCc2ccc3c(n2)N(C(=O)O)CCC3)C1. The van der Waals surface area contributed by atoms with Crippen LogP contribution in [0, 0.1) is 11.2 Å². The third-order valence-corrected chi connectivity index (χ3v) is 7.63. The van der Waals surface area contributed by atoms with Crippen LogP contribution in [0.15, 0.2) is 30.3 Å². The van der Waals surface area contributed by atoms with E-state index in [1.54, 1.807) is 13.0 Å². The van der Waals surface area contributed by atoms with Gasteiger partial charge in [0.05, 0.1) is 20.1 Å². The van der Waals surface area contributed by atoms with Gasteiger partial charge in [0.15, 0.2) is 11.6 Å². The quantitative estimate of drug-likeness (QED) is 0.309. The van der Waals surface area contributed by atoms with E-state index in [4.69, 9.17) is 9.47 Å². The molecule has 3 heterocycles. The van der Waals surface area contributed by atoms with Crippen LogP contribution in [0.5, 0.6) is 5.75 Å². The van der Waals surface area contributed by atoms with Crippen LogP contribution < -0.4 is 9.64 Å². The number of fused-ring (bicyclic) bond motifs is 1. The fourth-order valence-electron chi connectivity index (χ4n) is 5.70. The van der Waals surface area contributed by atoms with Crippen LogP contribution >= 0.6 is 0 Å². The molecule has 206 valence electrons. The third-order valence-electron chi connectivity index (χ3n) is 7.63. The van der Waals surface area contributed by atoms with Crippen LogP contribution in [0.25, 0.3) is 0 Å². The number of pyridine rings is 1. The fraction of sp³-hybridized carbons (Fsp3) is 0.552. The lowest BCUT2D eigenvalue weighted by Gasteiger charge is -2.52. The second-order valence-corrected chi connectivity index (χ2v) is 10.7. The van der Waals surface area contributed by atoms with Crippen LogP contribution in [0.3, 0.4) is 0 Å². The maximum absolute atomic E-state index is 14.4. The first-order valence-electron chi connectivity index (χ1n) is 13.5. The molecule has 0 bridgehead atoms. The van der Waals surface area contributed by atoms with E-state index < -0.39 is 11.9 Å². The number of nitrogens with zero attached hydrogens (tertiary/aromatic N) is 3. The summed E-state index contributed by atoms with van der Waals surface area (Å²) in [5, 5.41) is 9.49. The van der Waals surface area contributed by atoms with Crippen LogP contribution in [0.4, 0.5) is 15.0 Å². The Bertz CT molecular complexity index is 1150. The highest BCUT2D eigenvalue weighted by Gasteiger charge is 2.42. The number of halogens is 1. The number of carbonyl (C=O) groups excluding carboxylic acids is 1. The average molecular weight is 528 g/mol. The Morgan fingerprint density at radius 2 is 2.00 bits per heavy atom. The van der Waals surface area contributed by atoms with Crippen molar-refractivity contribution in [2.75, 3.05) is 38.3 Å². The summed E-state index contributed by atoms with van der Waals surface area (Å²) >= 11 is 0. The molecule has 2 aliphatic rings. The number of hydrogen-bond donors (Lipinski definition) is 1. The molecule has 1 aromatic carbocycles. The first kappa shape index (κ1) is 27.8. The number of benzene rings is 1. The van der Waals surface area contributed by atoms with Crippen LogP contribution in [0.2, 0.25) is 0 Å². The molecule has 0 spiro atoms. The maximum atomic E-state index is 14.4. The number of carbonyl (C=O) groups is 2. The number of aryl methyl sites for hydroxylation is 2. The number of carboxylic acid groups (broad SMARTS) is 1. The zero-order valence-corrected chi connectivity index (χ0v) is 22.5. The van der Waals surface area contributed by atoms with Crippen molar-refractivity contribution in [2.24, 2.45) is 5.41 Å². The number of methoxy groups -OCH3 is 1. The second kappa shape index (κ2) is 12.1. The lowest BCUT2D eigenvalue weighted by molar-refractivity contribution is -0.146. The summed E-state index contributed by atoms with van der Waals surface area (Å²) in [6.45, 7) is 6.47. The molecule has 1 unspecified atom stereocenters. The molecule has 1 amide bonds. The minimum atomic E-state index is -0.947. The molecule has 0 aliphatic carbocycles. The first-order chi connectivity index (χ1) is 18.2. The number of hydrogen-bond acceptors (Lipinski definition) is 6. The minimum Gasteiger partial charge on any atom is -0.494 e. The Morgan fingerprint density at radius 3 is 2.68 bits per heavy atom. The summed E-state index contributed by atoms with van der Waals surface area (Å²) in [5.41, 5.74) is 2.78. The van der Waals surface area contributed by atoms with Gasteiger partial charge in [0.25, 0.3) is 0 Å². The van der Waals surface area contributed by atoms with Crippen molar-refractivity contribution in [2.45, 2.75) is 64.8 Å². The highest BCUT2D eigenvalue weighted by Crippen LogP contribution is 2.42. The van der Waals surface area contributed by atoms with Gasteiger partial charge >= 0.3 is 12.1 Å². The van der Waals surface area contributed by atoms with Crippen LogP contribution in [0.1, 0.15) is 68.8 Å². The Balaban J connectivity index is 1.32. The lowest BCUT2D eigenvalue weighted by atomic mass is 9.75. The largest absolute Gasteiger partial charge is 0.494 e. The molecule has 1 atom stereocenters. The number of rotatable bonds is 11. The molecule has 1 N–H and O–H groups in total. The topological polar surface area (TPSA) is 92.2 Å². The van der Waals surface area contributed by atoms with Gasteiger partial charge in [0.2, 0.25) is 0 Å². The Hall–Kier alpha value is -3.20. The molecule has 0 saturated carbocycles. The molecule has 0 radical (unpaired) electrons. The number of anilines is 1. The maximum Gasteiger partial charge on any atom is 0.413 e. The monoisotopic (exact) mass is 527 g/mol. The van der Waals surface area contributed by atoms with Crippen molar-refractivity contribution in [3.63, 3.8) is 0 Å². The molecular weight excluding hydrogens is 489 g/mol. The number of amides is 1. The Labute approximate surface area is 223 Å². The van der Waals surface area contributed by atoms with E-state index in [1.165, 1.54) is 18.1 Å². The van der Waals surface area contributed by atoms with Gasteiger partial charge < -0.3 is 14.6 Å². The lowest BCUT2D eigenvalue weighted by Crippen LogP contribution is -2.56. The van der Waals surface area contributed by atoms with E-state index in [9.17, 15) is 19.1 Å². The fourth-order valence-corrected chi connectivity index (χ4v) is 5.70. The Morgan fingerprint density at radius 1 is 1.21 bits per heavy atom. The summed E-state index contributed by atoms with van der Waals surface area (Å²) in [6, 6.07) is 8.66. The van der Waals surface area contributed by atoms with E-state index in [2.05, 4.69) is 16.8 Å². The van der Waals surface area contributed by atoms with E-state index in [1.807, 2.05) is 18.2 Å². The normalized spacial score (nSPS) is 17.3. The number of likely N-dealkylation sites (tertiary alicyclic amines) is 1. The molecule has 8 nitrogen and oxygen atoms in total. The number of ether oxygens (including phenoxy) is 2. The van der Waals surface area contributed by atoms with Gasteiger partial charge in [-0.2, -0.15) is 0 Å². The van der Waals surface area contributed by atoms with E-state index in [0.29, 0.717) is 19.0 Å². The summed E-state index contributed by atoms with van der Waals surface area (Å²) < 4.78 is 24.7. The highest BCUT2D eigenvalue weighted by molar-refractivity contribution is 5.86. The van der Waals surface area contributed by atoms with Crippen molar-refractivity contribution < 1.29 is 28.6 Å². The van der Waals surface area contributed by atoms with Crippen molar-refractivity contribution in [1.29, 1.82) is 0 Å². The molecule has 9 heteroatoms. The summed E-state index contributed by atoms with van der Waals surface area (Å²) in [5.74, 6) is 0.0392. The zero-order chi connectivity index (χ0) is 27.3. The number of esters is 1. The first-order valence-corrected chi connectivity index (χ1v) is 13.5. The van der Waals surface area contributed by atoms with Crippen LogP contribution in [-0.2, 0) is 22.4 Å². The summed E-state index contributed by atoms with van der Waals surface area (Å²) in [7, 11) is 1.43. The van der Waals surface area contributed by atoms with Gasteiger partial charge in [-0.05, 0) is 73.8 Å². The molecule has 1 saturated heterocycles. The van der Waals surface area contributed by atoms with E-state index in [0.717, 1.165) is 68.4 Å². The third kappa shape index (κ3) is 6.43. The van der Waals surface area contributed by atoms with Crippen molar-refractivity contribution >= 4 is 17.9 Å². The van der Waals surface area contributed by atoms with Gasteiger partial charge in [-0.3, -0.25) is 14.6 Å². The molecule has 2 aliphatic heterocycles. The standard InChI is InChI=1S/C29H38FN3O5/c1-4-38-26(34)17-24(21-11-13-25(37-3)23(30)16-21)32-18-29(2,19-32)14-6-5-9-22-12-10-20-8-7-15-33(28(35)36)27(20)31-22/h10-13,16,24H,4-9,14-15,17-19H2,1-3H3,(H,35,36). The van der Waals surface area contributed by atoms with Gasteiger partial charge in [-0.25, -0.2) is 14.2 Å². The average Bonchev–Trinajstić information content (AvgIpc) is 2.88. The van der Waals surface area contributed by atoms with E-state index in [-0.39, 0.29) is 29.6 Å². The molecule has 1 fully saturated rings. The predicted octanol–water partition coefficient (Wildman–Crippen LogP) is 5.39. The minimum absolute atomic E-state index is 0.112. The van der Waals surface area contributed by atoms with Crippen LogP contribution in [-0.4, -0.2) is 60.4 Å². The van der Waals surface area contributed by atoms with Crippen molar-refractivity contribution in [3.8, 4) is 5.75 Å². The van der Waals surface area contributed by atoms with Gasteiger partial charge in [0.1, 0.15) is 5.82 Å². The van der Waals surface area contributed by atoms with Crippen molar-refractivity contribution in [1.82, 2.24) is 9.88 Å². The zero-order valence-electron chi connectivity index (χ0n) is 22.5. The Kier molecular flexibility index (Phi) is 8.87.